The van der Waals surface area contributed by atoms with Crippen molar-refractivity contribution >= 4 is 11.6 Å². The number of rotatable bonds is 7. The fraction of sp³-hybridized carbons (Fsp3) is 0.381. The van der Waals surface area contributed by atoms with E-state index in [4.69, 9.17) is 25.6 Å². The van der Waals surface area contributed by atoms with Crippen LogP contribution in [0.2, 0.25) is 5.15 Å². The molecule has 0 saturated carbocycles. The van der Waals surface area contributed by atoms with Crippen LogP contribution in [0, 0.1) is 13.8 Å². The zero-order valence-electron chi connectivity index (χ0n) is 16.7. The third kappa shape index (κ3) is 4.62. The van der Waals surface area contributed by atoms with Gasteiger partial charge in [-0.2, -0.15) is 4.98 Å². The number of hydrogen-bond acceptors (Lipinski definition) is 6. The summed E-state index contributed by atoms with van der Waals surface area (Å²) in [4.78, 5) is 8.69. The van der Waals surface area contributed by atoms with Gasteiger partial charge in [-0.15, -0.1) is 0 Å². The van der Waals surface area contributed by atoms with Crippen molar-refractivity contribution in [1.82, 2.24) is 15.1 Å². The van der Waals surface area contributed by atoms with Gasteiger partial charge in [0.2, 0.25) is 11.7 Å². The second kappa shape index (κ2) is 8.61. The molecule has 1 aromatic carbocycles. The van der Waals surface area contributed by atoms with Gasteiger partial charge in [0.05, 0.1) is 12.7 Å². The highest BCUT2D eigenvalue weighted by molar-refractivity contribution is 6.29. The van der Waals surface area contributed by atoms with Crippen molar-refractivity contribution in [3.63, 3.8) is 0 Å². The predicted octanol–water partition coefficient (Wildman–Crippen LogP) is 5.64. The highest BCUT2D eigenvalue weighted by Crippen LogP contribution is 2.31. The van der Waals surface area contributed by atoms with E-state index in [0.29, 0.717) is 34.9 Å². The summed E-state index contributed by atoms with van der Waals surface area (Å²) < 4.78 is 16.9. The van der Waals surface area contributed by atoms with Crippen LogP contribution in [0.4, 0.5) is 0 Å². The van der Waals surface area contributed by atoms with Gasteiger partial charge in [-0.25, -0.2) is 4.98 Å². The lowest BCUT2D eigenvalue weighted by molar-refractivity contribution is 0.232. The van der Waals surface area contributed by atoms with Gasteiger partial charge in [-0.3, -0.25) is 0 Å². The second-order valence-electron chi connectivity index (χ2n) is 6.89. The molecule has 0 unspecified atom stereocenters. The highest BCUT2D eigenvalue weighted by Gasteiger charge is 2.16. The summed E-state index contributed by atoms with van der Waals surface area (Å²) in [5, 5.41) is 4.43. The summed E-state index contributed by atoms with van der Waals surface area (Å²) in [5.74, 6) is 2.18. The Morgan fingerprint density at radius 1 is 1.04 bits per heavy atom. The first kappa shape index (κ1) is 20.1. The number of aromatic nitrogens is 3. The zero-order chi connectivity index (χ0) is 20.3. The maximum absolute atomic E-state index is 6.11. The van der Waals surface area contributed by atoms with Crippen LogP contribution in [-0.4, -0.2) is 27.8 Å². The van der Waals surface area contributed by atoms with Crippen LogP contribution in [0.25, 0.3) is 22.8 Å². The fourth-order valence-corrected chi connectivity index (χ4v) is 3.07. The van der Waals surface area contributed by atoms with E-state index in [-0.39, 0.29) is 6.10 Å². The van der Waals surface area contributed by atoms with Crippen LogP contribution >= 0.6 is 11.6 Å². The Labute approximate surface area is 169 Å². The normalized spacial score (nSPS) is 11.1. The van der Waals surface area contributed by atoms with Gasteiger partial charge in [-0.05, 0) is 63.4 Å². The molecule has 0 radical (unpaired) electrons. The average Bonchev–Trinajstić information content (AvgIpc) is 3.10. The Balaban J connectivity index is 1.92. The Kier molecular flexibility index (Phi) is 6.19. The van der Waals surface area contributed by atoms with Crippen LogP contribution in [-0.2, 0) is 0 Å². The fourth-order valence-electron chi connectivity index (χ4n) is 2.87. The first-order valence-corrected chi connectivity index (χ1v) is 9.68. The molecule has 0 aliphatic carbocycles. The van der Waals surface area contributed by atoms with E-state index in [9.17, 15) is 0 Å². The number of nitrogens with zero attached hydrogens (tertiary/aromatic N) is 3. The molecule has 2 aromatic heterocycles. The Bertz CT molecular complexity index is 946. The summed E-state index contributed by atoms with van der Waals surface area (Å²) in [5.41, 5.74) is 3.60. The van der Waals surface area contributed by atoms with Gasteiger partial charge < -0.3 is 14.0 Å². The van der Waals surface area contributed by atoms with Gasteiger partial charge in [0.15, 0.2) is 0 Å². The molecule has 0 aliphatic heterocycles. The molecule has 28 heavy (non-hydrogen) atoms. The molecule has 0 spiro atoms. The predicted molar refractivity (Wildman–Crippen MR) is 109 cm³/mol. The molecule has 7 heteroatoms. The molecule has 0 atom stereocenters. The van der Waals surface area contributed by atoms with E-state index >= 15 is 0 Å². The largest absolute Gasteiger partial charge is 0.493 e. The maximum atomic E-state index is 6.11. The quantitative estimate of drug-likeness (QED) is 0.477. The van der Waals surface area contributed by atoms with Crippen molar-refractivity contribution in [2.24, 2.45) is 0 Å². The number of hydrogen-bond donors (Lipinski definition) is 0. The minimum atomic E-state index is -0.0172. The second-order valence-corrected chi connectivity index (χ2v) is 7.28. The molecule has 148 valence electrons. The van der Waals surface area contributed by atoms with E-state index < -0.39 is 0 Å². The number of halogens is 1. The summed E-state index contributed by atoms with van der Waals surface area (Å²) in [7, 11) is 0. The first-order chi connectivity index (χ1) is 13.4. The molecular weight excluding hydrogens is 378 g/mol. The Morgan fingerprint density at radius 3 is 2.39 bits per heavy atom. The van der Waals surface area contributed by atoms with Crippen LogP contribution in [0.1, 0.15) is 38.3 Å². The van der Waals surface area contributed by atoms with E-state index in [1.54, 1.807) is 12.1 Å². The van der Waals surface area contributed by atoms with Crippen molar-refractivity contribution in [2.45, 2.75) is 47.1 Å². The number of aryl methyl sites for hydroxylation is 2. The topological polar surface area (TPSA) is 70.3 Å². The molecule has 0 amide bonds. The van der Waals surface area contributed by atoms with Gasteiger partial charge in [0.1, 0.15) is 10.9 Å². The van der Waals surface area contributed by atoms with Crippen LogP contribution < -0.4 is 9.47 Å². The monoisotopic (exact) mass is 401 g/mol. The van der Waals surface area contributed by atoms with Crippen LogP contribution in [0.3, 0.4) is 0 Å². The smallest absolute Gasteiger partial charge is 0.258 e. The molecule has 0 bridgehead atoms. The van der Waals surface area contributed by atoms with E-state index in [1.165, 1.54) is 0 Å². The lowest BCUT2D eigenvalue weighted by Gasteiger charge is -2.12. The highest BCUT2D eigenvalue weighted by atomic mass is 35.5. The molecule has 3 rings (SSSR count). The number of ether oxygens (including phenoxy) is 2. The van der Waals surface area contributed by atoms with Gasteiger partial charge in [0.25, 0.3) is 5.89 Å². The van der Waals surface area contributed by atoms with Gasteiger partial charge in [0, 0.05) is 17.2 Å². The van der Waals surface area contributed by atoms with E-state index in [2.05, 4.69) is 22.0 Å². The summed E-state index contributed by atoms with van der Waals surface area (Å²) in [6.07, 6.45) is 0.947. The van der Waals surface area contributed by atoms with Gasteiger partial charge >= 0.3 is 0 Å². The maximum Gasteiger partial charge on any atom is 0.258 e. The van der Waals surface area contributed by atoms with Gasteiger partial charge in [-0.1, -0.05) is 23.7 Å². The van der Waals surface area contributed by atoms with Crippen LogP contribution in [0.15, 0.2) is 28.8 Å². The summed E-state index contributed by atoms with van der Waals surface area (Å²) in [6.45, 7) is 10.7. The molecule has 0 saturated heterocycles. The molecule has 0 N–H and O–H groups in total. The third-order valence-corrected chi connectivity index (χ3v) is 4.16. The SMILES string of the molecule is CCCOc1c(C)cc(-c2noc(-c3cc(Cl)nc(OC(C)C)c3)n2)cc1C. The van der Waals surface area contributed by atoms with Crippen molar-refractivity contribution in [3.05, 3.63) is 40.5 Å². The molecular formula is C21H24ClN3O3. The molecule has 6 nitrogen and oxygen atoms in total. The van der Waals surface area contributed by atoms with E-state index in [0.717, 1.165) is 28.9 Å². The molecule has 3 aromatic rings. The summed E-state index contributed by atoms with van der Waals surface area (Å²) >= 11 is 6.11. The summed E-state index contributed by atoms with van der Waals surface area (Å²) in [6, 6.07) is 7.41. The molecule has 2 heterocycles. The van der Waals surface area contributed by atoms with Crippen molar-refractivity contribution in [1.29, 1.82) is 0 Å². The molecule has 0 fully saturated rings. The third-order valence-electron chi connectivity index (χ3n) is 3.97. The lowest BCUT2D eigenvalue weighted by atomic mass is 10.1. The minimum absolute atomic E-state index is 0.0172. The van der Waals surface area contributed by atoms with Crippen LogP contribution in [0.5, 0.6) is 11.6 Å². The van der Waals surface area contributed by atoms with Crippen molar-refractivity contribution in [3.8, 4) is 34.5 Å². The van der Waals surface area contributed by atoms with Crippen molar-refractivity contribution < 1.29 is 14.0 Å². The standard InChI is InChI=1S/C21H24ClN3O3/c1-6-7-26-19-13(4)8-15(9-14(19)5)20-24-21(28-25-20)16-10-17(22)23-18(11-16)27-12(2)3/h8-12H,6-7H2,1-5H3. The number of benzene rings is 1. The lowest BCUT2D eigenvalue weighted by Crippen LogP contribution is -2.07. The van der Waals surface area contributed by atoms with Crippen molar-refractivity contribution in [2.75, 3.05) is 6.61 Å². The molecule has 0 aliphatic rings. The Morgan fingerprint density at radius 2 is 1.75 bits per heavy atom. The number of pyridine rings is 1. The average molecular weight is 402 g/mol. The Hall–Kier alpha value is -2.60. The minimum Gasteiger partial charge on any atom is -0.493 e. The zero-order valence-corrected chi connectivity index (χ0v) is 17.5. The first-order valence-electron chi connectivity index (χ1n) is 9.30. The van der Waals surface area contributed by atoms with E-state index in [1.807, 2.05) is 39.8 Å².